The zero-order valence-electron chi connectivity index (χ0n) is 16.7. The second-order valence-corrected chi connectivity index (χ2v) is 7.40. The van der Waals surface area contributed by atoms with Crippen LogP contribution in [0.2, 0.25) is 0 Å². The topological polar surface area (TPSA) is 102 Å². The first kappa shape index (κ1) is 20.8. The number of amides is 3. The number of likely N-dealkylation sites (tertiary alicyclic amines) is 1. The number of carbonyl (C=O) groups excluding carboxylic acids is 4. The van der Waals surface area contributed by atoms with E-state index in [2.05, 4.69) is 5.32 Å². The van der Waals surface area contributed by atoms with Gasteiger partial charge in [0.1, 0.15) is 5.75 Å². The number of carbonyl (C=O) groups is 4. The summed E-state index contributed by atoms with van der Waals surface area (Å²) in [6.45, 7) is 1.45. The number of hydrogen-bond acceptors (Lipinski definition) is 6. The molecule has 1 aliphatic carbocycles. The first-order valence-electron chi connectivity index (χ1n) is 9.91. The SMILES string of the molecule is COc1ccccc1NC(=O)[C@H](C)OC(=O)CCN1C(=O)[C@H]2CCCC[C@H]2C1=O. The van der Waals surface area contributed by atoms with Crippen LogP contribution < -0.4 is 10.1 Å². The largest absolute Gasteiger partial charge is 0.495 e. The molecular formula is C21H26N2O6. The molecular weight excluding hydrogens is 376 g/mol. The van der Waals surface area contributed by atoms with Crippen LogP contribution >= 0.6 is 0 Å². The van der Waals surface area contributed by atoms with E-state index >= 15 is 0 Å². The maximum absolute atomic E-state index is 12.4. The Morgan fingerprint density at radius 1 is 1.14 bits per heavy atom. The van der Waals surface area contributed by atoms with E-state index in [4.69, 9.17) is 9.47 Å². The second kappa shape index (κ2) is 9.07. The van der Waals surface area contributed by atoms with Gasteiger partial charge in [0, 0.05) is 6.54 Å². The number of anilines is 1. The number of nitrogens with zero attached hydrogens (tertiary/aromatic N) is 1. The maximum atomic E-state index is 12.4. The number of methoxy groups -OCH3 is 1. The molecule has 3 amide bonds. The number of para-hydroxylation sites is 2. The van der Waals surface area contributed by atoms with Crippen molar-refractivity contribution in [2.75, 3.05) is 19.0 Å². The van der Waals surface area contributed by atoms with Crippen LogP contribution in [0.15, 0.2) is 24.3 Å². The fourth-order valence-electron chi connectivity index (χ4n) is 3.95. The summed E-state index contributed by atoms with van der Waals surface area (Å²) >= 11 is 0. The lowest BCUT2D eigenvalue weighted by atomic mass is 9.81. The summed E-state index contributed by atoms with van der Waals surface area (Å²) in [5.41, 5.74) is 0.471. The monoisotopic (exact) mass is 402 g/mol. The standard InChI is InChI=1S/C21H26N2O6/c1-13(19(25)22-16-9-5-6-10-17(16)28-2)29-18(24)11-12-23-20(26)14-7-3-4-8-15(14)21(23)27/h5-6,9-10,13-15H,3-4,7-8,11-12H2,1-2H3,(H,22,25)/t13-,14-,15+/m0/s1. The zero-order valence-corrected chi connectivity index (χ0v) is 16.7. The summed E-state index contributed by atoms with van der Waals surface area (Å²) in [5, 5.41) is 2.65. The fraction of sp³-hybridized carbons (Fsp3) is 0.524. The molecule has 0 spiro atoms. The molecule has 29 heavy (non-hydrogen) atoms. The number of fused-ring (bicyclic) bond motifs is 1. The van der Waals surface area contributed by atoms with Crippen molar-refractivity contribution in [1.82, 2.24) is 4.90 Å². The molecule has 8 nitrogen and oxygen atoms in total. The van der Waals surface area contributed by atoms with Crippen LogP contribution in [0.1, 0.15) is 39.0 Å². The van der Waals surface area contributed by atoms with Gasteiger partial charge in [-0.05, 0) is 31.9 Å². The molecule has 0 bridgehead atoms. The van der Waals surface area contributed by atoms with Crippen molar-refractivity contribution in [1.29, 1.82) is 0 Å². The predicted octanol–water partition coefficient (Wildman–Crippen LogP) is 2.13. The van der Waals surface area contributed by atoms with Gasteiger partial charge in [-0.3, -0.25) is 24.1 Å². The quantitative estimate of drug-likeness (QED) is 0.554. The van der Waals surface area contributed by atoms with Crippen molar-refractivity contribution >= 4 is 29.4 Å². The van der Waals surface area contributed by atoms with E-state index < -0.39 is 18.0 Å². The normalized spacial score (nSPS) is 22.1. The summed E-state index contributed by atoms with van der Waals surface area (Å²) in [4.78, 5) is 50.5. The Morgan fingerprint density at radius 3 is 2.38 bits per heavy atom. The summed E-state index contributed by atoms with van der Waals surface area (Å²) in [5.74, 6) is -1.49. The van der Waals surface area contributed by atoms with Gasteiger partial charge < -0.3 is 14.8 Å². The molecule has 8 heteroatoms. The number of rotatable bonds is 7. The number of ether oxygens (including phenoxy) is 2. The maximum Gasteiger partial charge on any atom is 0.308 e. The lowest BCUT2D eigenvalue weighted by Crippen LogP contribution is -2.35. The molecule has 0 aromatic heterocycles. The minimum Gasteiger partial charge on any atom is -0.495 e. The van der Waals surface area contributed by atoms with E-state index in [1.165, 1.54) is 18.9 Å². The van der Waals surface area contributed by atoms with Crippen LogP contribution in [0.5, 0.6) is 5.75 Å². The molecule has 1 saturated carbocycles. The molecule has 3 atom stereocenters. The van der Waals surface area contributed by atoms with Crippen LogP contribution in [0.4, 0.5) is 5.69 Å². The Kier molecular flexibility index (Phi) is 6.51. The molecule has 0 unspecified atom stereocenters. The van der Waals surface area contributed by atoms with Gasteiger partial charge in [-0.15, -0.1) is 0 Å². The Labute approximate surface area is 169 Å². The Bertz CT molecular complexity index is 784. The molecule has 0 radical (unpaired) electrons. The molecule has 156 valence electrons. The number of nitrogens with one attached hydrogen (secondary N) is 1. The Hall–Kier alpha value is -2.90. The summed E-state index contributed by atoms with van der Waals surface area (Å²) in [6.07, 6.45) is 2.21. The molecule has 3 rings (SSSR count). The van der Waals surface area contributed by atoms with Gasteiger partial charge in [-0.1, -0.05) is 25.0 Å². The van der Waals surface area contributed by atoms with Crippen molar-refractivity contribution in [3.63, 3.8) is 0 Å². The molecule has 1 aromatic carbocycles. The van der Waals surface area contributed by atoms with Gasteiger partial charge in [0.15, 0.2) is 6.10 Å². The molecule has 1 saturated heterocycles. The van der Waals surface area contributed by atoms with Crippen LogP contribution in [-0.4, -0.2) is 48.3 Å². The summed E-state index contributed by atoms with van der Waals surface area (Å²) in [6, 6.07) is 6.90. The van der Waals surface area contributed by atoms with E-state index in [1.807, 2.05) is 0 Å². The van der Waals surface area contributed by atoms with Crippen LogP contribution in [0.25, 0.3) is 0 Å². The van der Waals surface area contributed by atoms with Gasteiger partial charge in [0.05, 0.1) is 31.1 Å². The summed E-state index contributed by atoms with van der Waals surface area (Å²) in [7, 11) is 1.49. The van der Waals surface area contributed by atoms with Crippen molar-refractivity contribution in [3.05, 3.63) is 24.3 Å². The third kappa shape index (κ3) is 4.58. The van der Waals surface area contributed by atoms with Crippen molar-refractivity contribution in [2.45, 2.75) is 45.1 Å². The molecule has 1 aliphatic heterocycles. The van der Waals surface area contributed by atoms with Gasteiger partial charge in [-0.25, -0.2) is 0 Å². The summed E-state index contributed by atoms with van der Waals surface area (Å²) < 4.78 is 10.3. The zero-order chi connectivity index (χ0) is 21.0. The van der Waals surface area contributed by atoms with E-state index in [1.54, 1.807) is 24.3 Å². The third-order valence-corrected chi connectivity index (χ3v) is 5.51. The Balaban J connectivity index is 1.49. The number of esters is 1. The highest BCUT2D eigenvalue weighted by atomic mass is 16.5. The van der Waals surface area contributed by atoms with Crippen LogP contribution in [0, 0.1) is 11.8 Å². The van der Waals surface area contributed by atoms with E-state index in [-0.39, 0.29) is 36.6 Å². The number of imide groups is 1. The highest BCUT2D eigenvalue weighted by Gasteiger charge is 2.47. The van der Waals surface area contributed by atoms with Crippen molar-refractivity contribution in [2.24, 2.45) is 11.8 Å². The molecule has 2 aliphatic rings. The van der Waals surface area contributed by atoms with Crippen molar-refractivity contribution in [3.8, 4) is 5.75 Å². The average Bonchev–Trinajstić information content (AvgIpc) is 2.97. The van der Waals surface area contributed by atoms with E-state index in [0.29, 0.717) is 11.4 Å². The van der Waals surface area contributed by atoms with Gasteiger partial charge in [0.2, 0.25) is 11.8 Å². The van der Waals surface area contributed by atoms with E-state index in [9.17, 15) is 19.2 Å². The number of benzene rings is 1. The lowest BCUT2D eigenvalue weighted by molar-refractivity contribution is -0.154. The lowest BCUT2D eigenvalue weighted by Gasteiger charge is -2.19. The molecule has 2 fully saturated rings. The fourth-order valence-corrected chi connectivity index (χ4v) is 3.95. The highest BCUT2D eigenvalue weighted by molar-refractivity contribution is 6.05. The Morgan fingerprint density at radius 2 is 1.76 bits per heavy atom. The molecule has 1 aromatic rings. The second-order valence-electron chi connectivity index (χ2n) is 7.40. The van der Waals surface area contributed by atoms with Crippen LogP contribution in [0.3, 0.4) is 0 Å². The first-order chi connectivity index (χ1) is 13.9. The highest BCUT2D eigenvalue weighted by Crippen LogP contribution is 2.38. The minimum absolute atomic E-state index is 0.00958. The molecule has 1 heterocycles. The van der Waals surface area contributed by atoms with Gasteiger partial charge >= 0.3 is 5.97 Å². The smallest absolute Gasteiger partial charge is 0.308 e. The molecule has 1 N–H and O–H groups in total. The average molecular weight is 402 g/mol. The van der Waals surface area contributed by atoms with E-state index in [0.717, 1.165) is 25.7 Å². The first-order valence-corrected chi connectivity index (χ1v) is 9.91. The predicted molar refractivity (Wildman–Crippen MR) is 104 cm³/mol. The van der Waals surface area contributed by atoms with Crippen molar-refractivity contribution < 1.29 is 28.7 Å². The minimum atomic E-state index is -1.03. The van der Waals surface area contributed by atoms with Gasteiger partial charge in [-0.2, -0.15) is 0 Å². The third-order valence-electron chi connectivity index (χ3n) is 5.51. The van der Waals surface area contributed by atoms with Gasteiger partial charge in [0.25, 0.3) is 5.91 Å². The number of hydrogen-bond donors (Lipinski definition) is 1. The van der Waals surface area contributed by atoms with Crippen LogP contribution in [-0.2, 0) is 23.9 Å².